The van der Waals surface area contributed by atoms with Gasteiger partial charge in [-0.15, -0.1) is 0 Å². The lowest BCUT2D eigenvalue weighted by Gasteiger charge is -2.38. The van der Waals surface area contributed by atoms with Crippen LogP contribution in [0.25, 0.3) is 11.4 Å². The maximum absolute atomic E-state index is 12.5. The van der Waals surface area contributed by atoms with E-state index in [2.05, 4.69) is 20.1 Å². The van der Waals surface area contributed by atoms with Crippen molar-refractivity contribution in [1.29, 1.82) is 0 Å². The number of pyridine rings is 2. The highest BCUT2D eigenvalue weighted by Crippen LogP contribution is 2.34. The van der Waals surface area contributed by atoms with Gasteiger partial charge in [-0.05, 0) is 30.7 Å². The smallest absolute Gasteiger partial charge is 0.254 e. The summed E-state index contributed by atoms with van der Waals surface area (Å²) in [6.07, 6.45) is 7.39. The molecule has 4 heterocycles. The van der Waals surface area contributed by atoms with Crippen molar-refractivity contribution in [2.45, 2.75) is 12.5 Å². The molecule has 0 aromatic carbocycles. The zero-order valence-electron chi connectivity index (χ0n) is 12.2. The van der Waals surface area contributed by atoms with E-state index in [0.717, 1.165) is 12.0 Å². The summed E-state index contributed by atoms with van der Waals surface area (Å²) < 4.78 is 5.34. The van der Waals surface area contributed by atoms with E-state index in [1.54, 1.807) is 41.8 Å². The van der Waals surface area contributed by atoms with Crippen LogP contribution in [0.15, 0.2) is 53.6 Å². The standard InChI is InChI=1S/C16H13N5O2/c22-16(11-3-7-17-8-4-11)21-9-5-13(21)15-19-14(20-23-15)12-2-1-6-18-10-12/h1-4,6-8,10,13H,5,9H2. The molecule has 0 N–H and O–H groups in total. The van der Waals surface area contributed by atoms with Crippen molar-refractivity contribution in [3.05, 3.63) is 60.5 Å². The van der Waals surface area contributed by atoms with Crippen LogP contribution in [0.4, 0.5) is 0 Å². The van der Waals surface area contributed by atoms with E-state index >= 15 is 0 Å². The molecule has 1 atom stereocenters. The molecule has 1 unspecified atom stereocenters. The van der Waals surface area contributed by atoms with Crippen LogP contribution in [0.2, 0.25) is 0 Å². The number of carbonyl (C=O) groups excluding carboxylic acids is 1. The third-order valence-electron chi connectivity index (χ3n) is 3.85. The average Bonchev–Trinajstić information content (AvgIpc) is 3.05. The highest BCUT2D eigenvalue weighted by atomic mass is 16.5. The van der Waals surface area contributed by atoms with Gasteiger partial charge in [-0.1, -0.05) is 5.16 Å². The molecule has 3 aromatic heterocycles. The van der Waals surface area contributed by atoms with Gasteiger partial charge in [0.2, 0.25) is 11.7 Å². The minimum Gasteiger partial charge on any atom is -0.337 e. The molecule has 114 valence electrons. The van der Waals surface area contributed by atoms with Crippen molar-refractivity contribution in [2.75, 3.05) is 6.54 Å². The first-order valence-electron chi connectivity index (χ1n) is 7.28. The van der Waals surface area contributed by atoms with Gasteiger partial charge in [0.25, 0.3) is 5.91 Å². The number of nitrogens with zero attached hydrogens (tertiary/aromatic N) is 5. The van der Waals surface area contributed by atoms with Crippen LogP contribution in [0.1, 0.15) is 28.7 Å². The summed E-state index contributed by atoms with van der Waals surface area (Å²) >= 11 is 0. The normalized spacial score (nSPS) is 16.9. The van der Waals surface area contributed by atoms with Crippen LogP contribution in [-0.2, 0) is 0 Å². The van der Waals surface area contributed by atoms with Crippen molar-refractivity contribution in [3.63, 3.8) is 0 Å². The van der Waals surface area contributed by atoms with Crippen LogP contribution in [-0.4, -0.2) is 37.5 Å². The molecule has 1 aliphatic heterocycles. The van der Waals surface area contributed by atoms with Gasteiger partial charge in [-0.25, -0.2) is 0 Å². The second-order valence-electron chi connectivity index (χ2n) is 5.24. The Morgan fingerprint density at radius 1 is 1.17 bits per heavy atom. The van der Waals surface area contributed by atoms with Gasteiger partial charge in [0.15, 0.2) is 0 Å². The van der Waals surface area contributed by atoms with E-state index in [1.165, 1.54) is 0 Å². The molecule has 0 aliphatic carbocycles. The van der Waals surface area contributed by atoms with E-state index in [0.29, 0.717) is 23.8 Å². The van der Waals surface area contributed by atoms with Crippen LogP contribution >= 0.6 is 0 Å². The SMILES string of the molecule is O=C(c1ccncc1)N1CCC1c1nc(-c2cccnc2)no1. The quantitative estimate of drug-likeness (QED) is 0.736. The third-order valence-corrected chi connectivity index (χ3v) is 3.85. The van der Waals surface area contributed by atoms with E-state index < -0.39 is 0 Å². The van der Waals surface area contributed by atoms with Gasteiger partial charge in [0, 0.05) is 42.5 Å². The van der Waals surface area contributed by atoms with Crippen molar-refractivity contribution in [1.82, 2.24) is 25.0 Å². The highest BCUT2D eigenvalue weighted by Gasteiger charge is 2.37. The monoisotopic (exact) mass is 307 g/mol. The summed E-state index contributed by atoms with van der Waals surface area (Å²) in [4.78, 5) is 26.6. The largest absolute Gasteiger partial charge is 0.337 e. The lowest BCUT2D eigenvalue weighted by Crippen LogP contribution is -2.45. The summed E-state index contributed by atoms with van der Waals surface area (Å²) in [5.74, 6) is 0.888. The maximum atomic E-state index is 12.5. The predicted octanol–water partition coefficient (Wildman–Crippen LogP) is 2.11. The number of hydrogen-bond donors (Lipinski definition) is 0. The number of likely N-dealkylation sites (tertiary alicyclic amines) is 1. The zero-order chi connectivity index (χ0) is 15.6. The molecule has 1 saturated heterocycles. The third kappa shape index (κ3) is 2.46. The van der Waals surface area contributed by atoms with Crippen LogP contribution in [0.3, 0.4) is 0 Å². The average molecular weight is 307 g/mol. The Morgan fingerprint density at radius 3 is 2.74 bits per heavy atom. The molecule has 4 rings (SSSR count). The fourth-order valence-corrected chi connectivity index (χ4v) is 2.53. The Kier molecular flexibility index (Phi) is 3.30. The minimum atomic E-state index is -0.173. The molecule has 3 aromatic rings. The maximum Gasteiger partial charge on any atom is 0.254 e. The molecule has 0 spiro atoms. The van der Waals surface area contributed by atoms with E-state index in [9.17, 15) is 4.79 Å². The van der Waals surface area contributed by atoms with Crippen molar-refractivity contribution in [2.24, 2.45) is 0 Å². The molecule has 1 aliphatic rings. The van der Waals surface area contributed by atoms with Gasteiger partial charge in [-0.3, -0.25) is 14.8 Å². The number of hydrogen-bond acceptors (Lipinski definition) is 6. The molecule has 7 nitrogen and oxygen atoms in total. The van der Waals surface area contributed by atoms with Gasteiger partial charge in [-0.2, -0.15) is 4.98 Å². The lowest BCUT2D eigenvalue weighted by atomic mass is 10.0. The summed E-state index contributed by atoms with van der Waals surface area (Å²) in [5.41, 5.74) is 1.39. The van der Waals surface area contributed by atoms with Crippen molar-refractivity contribution in [3.8, 4) is 11.4 Å². The van der Waals surface area contributed by atoms with E-state index in [4.69, 9.17) is 4.52 Å². The molecule has 1 amide bonds. The Hall–Kier alpha value is -3.09. The number of aromatic nitrogens is 4. The minimum absolute atomic E-state index is 0.0511. The highest BCUT2D eigenvalue weighted by molar-refractivity contribution is 5.94. The zero-order valence-corrected chi connectivity index (χ0v) is 12.2. The Balaban J connectivity index is 1.55. The first-order valence-corrected chi connectivity index (χ1v) is 7.28. The molecule has 1 fully saturated rings. The Morgan fingerprint density at radius 2 is 2.04 bits per heavy atom. The first kappa shape index (κ1) is 13.6. The summed E-state index contributed by atoms with van der Waals surface area (Å²) in [6, 6.07) is 6.91. The number of amides is 1. The molecule has 0 bridgehead atoms. The van der Waals surface area contributed by atoms with Gasteiger partial charge < -0.3 is 9.42 Å². The van der Waals surface area contributed by atoms with Crippen LogP contribution in [0, 0.1) is 0 Å². The summed E-state index contributed by atoms with van der Waals surface area (Å²) in [7, 11) is 0. The van der Waals surface area contributed by atoms with Gasteiger partial charge in [0.05, 0.1) is 0 Å². The molecule has 7 heteroatoms. The fraction of sp³-hybridized carbons (Fsp3) is 0.188. The lowest BCUT2D eigenvalue weighted by molar-refractivity contribution is 0.0378. The van der Waals surface area contributed by atoms with E-state index in [-0.39, 0.29) is 11.9 Å². The van der Waals surface area contributed by atoms with Crippen LogP contribution in [0.5, 0.6) is 0 Å². The molecule has 0 radical (unpaired) electrons. The number of rotatable bonds is 3. The topological polar surface area (TPSA) is 85.0 Å². The fourth-order valence-electron chi connectivity index (χ4n) is 2.53. The first-order chi connectivity index (χ1) is 11.3. The number of carbonyl (C=O) groups is 1. The Bertz CT molecular complexity index is 819. The second-order valence-corrected chi connectivity index (χ2v) is 5.24. The van der Waals surface area contributed by atoms with Gasteiger partial charge >= 0.3 is 0 Å². The van der Waals surface area contributed by atoms with Crippen molar-refractivity contribution >= 4 is 5.91 Å². The van der Waals surface area contributed by atoms with Gasteiger partial charge in [0.1, 0.15) is 6.04 Å². The molecular formula is C16H13N5O2. The molecular weight excluding hydrogens is 294 g/mol. The summed E-state index contributed by atoms with van der Waals surface area (Å²) in [5, 5.41) is 3.98. The van der Waals surface area contributed by atoms with Crippen LogP contribution < -0.4 is 0 Å². The summed E-state index contributed by atoms with van der Waals surface area (Å²) in [6.45, 7) is 0.677. The molecule has 0 saturated carbocycles. The molecule has 23 heavy (non-hydrogen) atoms. The second kappa shape index (κ2) is 5.60. The predicted molar refractivity (Wildman–Crippen MR) is 80.2 cm³/mol. The van der Waals surface area contributed by atoms with Crippen molar-refractivity contribution < 1.29 is 9.32 Å². The Labute approximate surface area is 132 Å². The van der Waals surface area contributed by atoms with E-state index in [1.807, 2.05) is 12.1 Å².